The van der Waals surface area contributed by atoms with E-state index in [4.69, 9.17) is 11.6 Å². The molecule has 1 aliphatic rings. The van der Waals surface area contributed by atoms with Gasteiger partial charge in [-0.25, -0.2) is 14.6 Å². The number of imide groups is 2. The summed E-state index contributed by atoms with van der Waals surface area (Å²) in [5.41, 5.74) is 3.41. The highest BCUT2D eigenvalue weighted by molar-refractivity contribution is 6.46. The summed E-state index contributed by atoms with van der Waals surface area (Å²) in [5.74, 6) is -1.33. The van der Waals surface area contributed by atoms with Gasteiger partial charge in [0.05, 0.1) is 11.4 Å². The van der Waals surface area contributed by atoms with E-state index in [1.54, 1.807) is 60.7 Å². The third-order valence-electron chi connectivity index (χ3n) is 5.92. The molecular formula is C30H21ClN2O3. The first-order valence-corrected chi connectivity index (χ1v) is 11.8. The fourth-order valence-electron chi connectivity index (χ4n) is 4.10. The van der Waals surface area contributed by atoms with Crippen LogP contribution in [0.25, 0.3) is 6.08 Å². The highest BCUT2D eigenvalue weighted by Gasteiger charge is 2.43. The number of barbiturate groups is 1. The molecule has 4 aromatic carbocycles. The number of anilines is 2. The van der Waals surface area contributed by atoms with Gasteiger partial charge in [0.2, 0.25) is 0 Å². The summed E-state index contributed by atoms with van der Waals surface area (Å²) in [6.07, 6.45) is 2.19. The molecule has 5 nitrogen and oxygen atoms in total. The van der Waals surface area contributed by atoms with E-state index >= 15 is 0 Å². The molecule has 5 rings (SSSR count). The Hall–Kier alpha value is -4.48. The molecular weight excluding hydrogens is 472 g/mol. The van der Waals surface area contributed by atoms with Crippen LogP contribution in [0.3, 0.4) is 0 Å². The van der Waals surface area contributed by atoms with Crippen LogP contribution in [0.4, 0.5) is 16.2 Å². The molecule has 1 fully saturated rings. The molecule has 0 radical (unpaired) electrons. The molecule has 1 aliphatic heterocycles. The Morgan fingerprint density at radius 2 is 1.11 bits per heavy atom. The van der Waals surface area contributed by atoms with Crippen LogP contribution in [0.15, 0.2) is 115 Å². The van der Waals surface area contributed by atoms with E-state index in [9.17, 15) is 14.4 Å². The molecule has 176 valence electrons. The van der Waals surface area contributed by atoms with Crippen molar-refractivity contribution < 1.29 is 14.4 Å². The minimum absolute atomic E-state index is 0.0961. The second-order valence-electron chi connectivity index (χ2n) is 8.30. The summed E-state index contributed by atoms with van der Waals surface area (Å²) in [7, 11) is 0. The first kappa shape index (κ1) is 23.3. The quantitative estimate of drug-likeness (QED) is 0.235. The standard InChI is InChI=1S/C30H21ClN2O3/c31-27-14-8-7-9-23(27)19-21-15-17-22(18-16-21)20-26-28(34)32(24-10-3-1-4-11-24)30(36)33(29(26)35)25-12-5-2-6-13-25/h1-18,20H,19H2. The van der Waals surface area contributed by atoms with Crippen molar-refractivity contribution in [2.45, 2.75) is 6.42 Å². The molecule has 0 aliphatic carbocycles. The lowest BCUT2D eigenvalue weighted by Crippen LogP contribution is -2.57. The lowest BCUT2D eigenvalue weighted by molar-refractivity contribution is -0.121. The zero-order valence-corrected chi connectivity index (χ0v) is 19.9. The van der Waals surface area contributed by atoms with Crippen molar-refractivity contribution in [1.29, 1.82) is 0 Å². The van der Waals surface area contributed by atoms with E-state index in [0.29, 0.717) is 28.4 Å². The van der Waals surface area contributed by atoms with Crippen LogP contribution in [0, 0.1) is 0 Å². The maximum Gasteiger partial charge on any atom is 0.343 e. The number of carbonyl (C=O) groups excluding carboxylic acids is 3. The molecule has 36 heavy (non-hydrogen) atoms. The maximum atomic E-state index is 13.4. The van der Waals surface area contributed by atoms with Gasteiger partial charge in [-0.1, -0.05) is 90.5 Å². The van der Waals surface area contributed by atoms with Gasteiger partial charge in [-0.2, -0.15) is 0 Å². The van der Waals surface area contributed by atoms with Gasteiger partial charge in [0, 0.05) is 5.02 Å². The Kier molecular flexibility index (Phi) is 6.48. The van der Waals surface area contributed by atoms with Crippen molar-refractivity contribution in [3.05, 3.63) is 136 Å². The summed E-state index contributed by atoms with van der Waals surface area (Å²) < 4.78 is 0. The van der Waals surface area contributed by atoms with Gasteiger partial charge < -0.3 is 0 Å². The van der Waals surface area contributed by atoms with E-state index in [1.807, 2.05) is 48.5 Å². The van der Waals surface area contributed by atoms with Crippen molar-refractivity contribution in [2.24, 2.45) is 0 Å². The normalized spacial score (nSPS) is 13.8. The lowest BCUT2D eigenvalue weighted by atomic mass is 10.0. The number of halogens is 1. The molecule has 0 saturated carbocycles. The number of hydrogen-bond donors (Lipinski definition) is 0. The zero-order valence-electron chi connectivity index (χ0n) is 19.2. The maximum absolute atomic E-state index is 13.4. The van der Waals surface area contributed by atoms with Crippen molar-refractivity contribution in [3.63, 3.8) is 0 Å². The number of carbonyl (C=O) groups is 3. The fourth-order valence-corrected chi connectivity index (χ4v) is 4.30. The smallest absolute Gasteiger partial charge is 0.268 e. The van der Waals surface area contributed by atoms with Gasteiger partial charge >= 0.3 is 6.03 Å². The van der Waals surface area contributed by atoms with E-state index < -0.39 is 17.8 Å². The van der Waals surface area contributed by atoms with Crippen LogP contribution < -0.4 is 9.80 Å². The molecule has 1 heterocycles. The monoisotopic (exact) mass is 492 g/mol. The Labute approximate surface area is 213 Å². The second-order valence-corrected chi connectivity index (χ2v) is 8.71. The summed E-state index contributed by atoms with van der Waals surface area (Å²) in [5, 5.41) is 0.703. The molecule has 0 spiro atoms. The minimum atomic E-state index is -0.713. The average Bonchev–Trinajstić information content (AvgIpc) is 2.90. The van der Waals surface area contributed by atoms with Gasteiger partial charge in [-0.15, -0.1) is 0 Å². The Morgan fingerprint density at radius 1 is 0.611 bits per heavy atom. The SMILES string of the molecule is O=C1C(=Cc2ccc(Cc3ccccc3Cl)cc2)C(=O)N(c2ccccc2)C(=O)N1c1ccccc1. The number of urea groups is 1. The van der Waals surface area contributed by atoms with Crippen LogP contribution >= 0.6 is 11.6 Å². The van der Waals surface area contributed by atoms with Gasteiger partial charge in [-0.05, 0) is 59.5 Å². The highest BCUT2D eigenvalue weighted by atomic mass is 35.5. The molecule has 4 amide bonds. The van der Waals surface area contributed by atoms with E-state index in [0.717, 1.165) is 20.9 Å². The van der Waals surface area contributed by atoms with Crippen molar-refractivity contribution in [3.8, 4) is 0 Å². The van der Waals surface area contributed by atoms with Crippen molar-refractivity contribution >= 4 is 46.9 Å². The summed E-state index contributed by atoms with van der Waals surface area (Å²) in [4.78, 5) is 42.3. The third kappa shape index (κ3) is 4.57. The number of para-hydroxylation sites is 2. The van der Waals surface area contributed by atoms with Crippen molar-refractivity contribution in [1.82, 2.24) is 0 Å². The van der Waals surface area contributed by atoms with E-state index in [1.165, 1.54) is 6.08 Å². The fraction of sp³-hybridized carbons (Fsp3) is 0.0333. The van der Waals surface area contributed by atoms with Gasteiger partial charge in [-0.3, -0.25) is 9.59 Å². The largest absolute Gasteiger partial charge is 0.343 e. The summed E-state index contributed by atoms with van der Waals surface area (Å²) in [6, 6.07) is 31.7. The van der Waals surface area contributed by atoms with Gasteiger partial charge in [0.25, 0.3) is 11.8 Å². The topological polar surface area (TPSA) is 57.7 Å². The summed E-state index contributed by atoms with van der Waals surface area (Å²) in [6.45, 7) is 0. The second kappa shape index (κ2) is 10.0. The predicted molar refractivity (Wildman–Crippen MR) is 142 cm³/mol. The predicted octanol–water partition coefficient (Wildman–Crippen LogP) is 6.51. The average molecular weight is 493 g/mol. The molecule has 6 heteroatoms. The molecule has 0 unspecified atom stereocenters. The number of amides is 4. The molecule has 1 saturated heterocycles. The number of nitrogens with zero attached hydrogens (tertiary/aromatic N) is 2. The van der Waals surface area contributed by atoms with Crippen LogP contribution in [0.5, 0.6) is 0 Å². The molecule has 0 bridgehead atoms. The zero-order chi connectivity index (χ0) is 25.1. The highest BCUT2D eigenvalue weighted by Crippen LogP contribution is 2.29. The van der Waals surface area contributed by atoms with Crippen LogP contribution in [-0.2, 0) is 16.0 Å². The van der Waals surface area contributed by atoms with Crippen LogP contribution in [-0.4, -0.2) is 17.8 Å². The third-order valence-corrected chi connectivity index (χ3v) is 6.29. The van der Waals surface area contributed by atoms with E-state index in [-0.39, 0.29) is 5.57 Å². The summed E-state index contributed by atoms with van der Waals surface area (Å²) >= 11 is 6.29. The molecule has 0 N–H and O–H groups in total. The van der Waals surface area contributed by atoms with Gasteiger partial charge in [0.1, 0.15) is 5.57 Å². The minimum Gasteiger partial charge on any atom is -0.268 e. The first-order valence-electron chi connectivity index (χ1n) is 11.4. The van der Waals surface area contributed by atoms with Crippen LogP contribution in [0.1, 0.15) is 16.7 Å². The van der Waals surface area contributed by atoms with E-state index in [2.05, 4.69) is 0 Å². The molecule has 0 aromatic heterocycles. The molecule has 0 atom stereocenters. The Balaban J connectivity index is 1.51. The Morgan fingerprint density at radius 3 is 1.64 bits per heavy atom. The number of rotatable bonds is 5. The van der Waals surface area contributed by atoms with Gasteiger partial charge in [0.15, 0.2) is 0 Å². The molecule has 4 aromatic rings. The number of hydrogen-bond acceptors (Lipinski definition) is 3. The van der Waals surface area contributed by atoms with Crippen molar-refractivity contribution in [2.75, 3.05) is 9.80 Å². The number of benzene rings is 4. The van der Waals surface area contributed by atoms with Crippen LogP contribution in [0.2, 0.25) is 5.02 Å². The first-order chi connectivity index (χ1) is 17.5. The Bertz CT molecular complexity index is 1400. The lowest BCUT2D eigenvalue weighted by Gasteiger charge is -2.33.